The van der Waals surface area contributed by atoms with Gasteiger partial charge in [-0.2, -0.15) is 5.10 Å². The van der Waals surface area contributed by atoms with Gasteiger partial charge in [0.2, 0.25) is 5.91 Å². The molecule has 2 N–H and O–H groups in total. The van der Waals surface area contributed by atoms with Crippen LogP contribution in [0.5, 0.6) is 0 Å². The minimum atomic E-state index is -0.361. The van der Waals surface area contributed by atoms with Crippen molar-refractivity contribution in [2.75, 3.05) is 0 Å². The van der Waals surface area contributed by atoms with Crippen LogP contribution in [-0.2, 0) is 11.3 Å². The van der Waals surface area contributed by atoms with Crippen molar-refractivity contribution in [2.24, 2.45) is 5.73 Å². The van der Waals surface area contributed by atoms with E-state index < -0.39 is 0 Å². The Bertz CT molecular complexity index is 314. The van der Waals surface area contributed by atoms with Gasteiger partial charge in [-0.05, 0) is 26.3 Å². The summed E-state index contributed by atoms with van der Waals surface area (Å²) in [5.41, 5.74) is 8.13. The monoisotopic (exact) mass is 167 g/mol. The number of amides is 1. The number of rotatable bonds is 2. The summed E-state index contributed by atoms with van der Waals surface area (Å²) < 4.78 is 1.63. The van der Waals surface area contributed by atoms with Crippen LogP contribution in [0.4, 0.5) is 0 Å². The predicted molar refractivity (Wildman–Crippen MR) is 45.6 cm³/mol. The number of primary amides is 1. The summed E-state index contributed by atoms with van der Waals surface area (Å²) in [4.78, 5) is 10.6. The molecule has 0 bridgehead atoms. The molecule has 0 unspecified atom stereocenters. The Kier molecular flexibility index (Phi) is 2.17. The molecule has 0 radical (unpaired) electrons. The molecule has 4 nitrogen and oxygen atoms in total. The Hall–Kier alpha value is -1.32. The Balaban J connectivity index is 3.01. The number of nitrogens with two attached hydrogens (primary N) is 1. The number of nitrogens with zero attached hydrogens (tertiary/aromatic N) is 2. The molecule has 0 atom stereocenters. The third kappa shape index (κ3) is 1.47. The average molecular weight is 167 g/mol. The van der Waals surface area contributed by atoms with E-state index in [0.29, 0.717) is 0 Å². The normalized spacial score (nSPS) is 10.2. The quantitative estimate of drug-likeness (QED) is 0.688. The molecule has 12 heavy (non-hydrogen) atoms. The third-order valence-corrected chi connectivity index (χ3v) is 2.05. The molecule has 4 heteroatoms. The van der Waals surface area contributed by atoms with Crippen LogP contribution in [0.15, 0.2) is 0 Å². The highest BCUT2D eigenvalue weighted by Gasteiger charge is 2.07. The highest BCUT2D eigenvalue weighted by molar-refractivity contribution is 5.73. The van der Waals surface area contributed by atoms with E-state index in [-0.39, 0.29) is 12.5 Å². The molecular weight excluding hydrogens is 154 g/mol. The van der Waals surface area contributed by atoms with E-state index in [1.807, 2.05) is 20.8 Å². The lowest BCUT2D eigenvalue weighted by Gasteiger charge is -1.99. The molecule has 1 aromatic heterocycles. The van der Waals surface area contributed by atoms with E-state index in [2.05, 4.69) is 5.10 Å². The van der Waals surface area contributed by atoms with Crippen LogP contribution < -0.4 is 5.73 Å². The second-order valence-corrected chi connectivity index (χ2v) is 2.92. The summed E-state index contributed by atoms with van der Waals surface area (Å²) in [7, 11) is 0. The van der Waals surface area contributed by atoms with E-state index in [1.54, 1.807) is 4.68 Å². The van der Waals surface area contributed by atoms with Crippen LogP contribution in [0, 0.1) is 20.8 Å². The van der Waals surface area contributed by atoms with Gasteiger partial charge in [-0.25, -0.2) is 0 Å². The van der Waals surface area contributed by atoms with Gasteiger partial charge in [-0.3, -0.25) is 9.48 Å². The number of carbonyl (C=O) groups excluding carboxylic acids is 1. The smallest absolute Gasteiger partial charge is 0.239 e. The van der Waals surface area contributed by atoms with Gasteiger partial charge in [0.05, 0.1) is 5.69 Å². The van der Waals surface area contributed by atoms with Crippen LogP contribution in [0.3, 0.4) is 0 Å². The fraction of sp³-hybridized carbons (Fsp3) is 0.500. The molecule has 1 aromatic rings. The van der Waals surface area contributed by atoms with Crippen LogP contribution in [-0.4, -0.2) is 15.7 Å². The lowest BCUT2D eigenvalue weighted by Crippen LogP contribution is -2.20. The zero-order valence-corrected chi connectivity index (χ0v) is 7.59. The van der Waals surface area contributed by atoms with E-state index >= 15 is 0 Å². The van der Waals surface area contributed by atoms with Crippen molar-refractivity contribution >= 4 is 5.91 Å². The standard InChI is InChI=1S/C8H13N3O/c1-5-6(2)10-11(7(5)3)4-8(9)12/h4H2,1-3H3,(H2,9,12). The first kappa shape index (κ1) is 8.77. The lowest BCUT2D eigenvalue weighted by atomic mass is 10.2. The summed E-state index contributed by atoms with van der Waals surface area (Å²) in [6.45, 7) is 5.99. The number of hydrogen-bond acceptors (Lipinski definition) is 2. The first-order valence-corrected chi connectivity index (χ1v) is 3.81. The van der Waals surface area contributed by atoms with Gasteiger partial charge in [-0.15, -0.1) is 0 Å². The molecule has 0 aliphatic carbocycles. The van der Waals surface area contributed by atoms with E-state index in [0.717, 1.165) is 17.0 Å². The molecule has 1 heterocycles. The average Bonchev–Trinajstić information content (AvgIpc) is 2.17. The van der Waals surface area contributed by atoms with Crippen molar-refractivity contribution in [1.29, 1.82) is 0 Å². The molecule has 66 valence electrons. The van der Waals surface area contributed by atoms with E-state index in [4.69, 9.17) is 5.73 Å². The van der Waals surface area contributed by atoms with Crippen molar-refractivity contribution < 1.29 is 4.79 Å². The van der Waals surface area contributed by atoms with E-state index in [1.165, 1.54) is 0 Å². The first-order valence-electron chi connectivity index (χ1n) is 3.81. The molecule has 1 rings (SSSR count). The van der Waals surface area contributed by atoms with Gasteiger partial charge in [0.15, 0.2) is 0 Å². The molecule has 0 spiro atoms. The third-order valence-electron chi connectivity index (χ3n) is 2.05. The zero-order chi connectivity index (χ0) is 9.30. The fourth-order valence-electron chi connectivity index (χ4n) is 1.09. The molecule has 0 aliphatic rings. The van der Waals surface area contributed by atoms with Crippen molar-refractivity contribution in [3.63, 3.8) is 0 Å². The van der Waals surface area contributed by atoms with Gasteiger partial charge in [0.1, 0.15) is 6.54 Å². The summed E-state index contributed by atoms with van der Waals surface area (Å²) in [6, 6.07) is 0. The Labute approximate surface area is 71.4 Å². The molecule has 0 fully saturated rings. The Morgan fingerprint density at radius 1 is 1.50 bits per heavy atom. The van der Waals surface area contributed by atoms with Gasteiger partial charge in [0, 0.05) is 5.69 Å². The van der Waals surface area contributed by atoms with Crippen molar-refractivity contribution in [2.45, 2.75) is 27.3 Å². The topological polar surface area (TPSA) is 60.9 Å². The predicted octanol–water partition coefficient (Wildman–Crippen LogP) is 0.294. The van der Waals surface area contributed by atoms with Crippen LogP contribution in [0.2, 0.25) is 0 Å². The first-order chi connectivity index (χ1) is 5.52. The van der Waals surface area contributed by atoms with Crippen molar-refractivity contribution in [1.82, 2.24) is 9.78 Å². The number of hydrogen-bond donors (Lipinski definition) is 1. The van der Waals surface area contributed by atoms with Gasteiger partial charge >= 0.3 is 0 Å². The highest BCUT2D eigenvalue weighted by Crippen LogP contribution is 2.09. The van der Waals surface area contributed by atoms with Gasteiger partial charge in [0.25, 0.3) is 0 Å². The zero-order valence-electron chi connectivity index (χ0n) is 7.59. The molecule has 0 aliphatic heterocycles. The summed E-state index contributed by atoms with van der Waals surface area (Å²) in [5, 5.41) is 4.17. The number of aryl methyl sites for hydroxylation is 1. The minimum Gasteiger partial charge on any atom is -0.368 e. The molecule has 1 amide bonds. The maximum atomic E-state index is 10.6. The number of carbonyl (C=O) groups is 1. The Morgan fingerprint density at radius 3 is 2.42 bits per heavy atom. The largest absolute Gasteiger partial charge is 0.368 e. The maximum absolute atomic E-state index is 10.6. The van der Waals surface area contributed by atoms with E-state index in [9.17, 15) is 4.79 Å². The molecular formula is C8H13N3O. The van der Waals surface area contributed by atoms with Crippen molar-refractivity contribution in [3.05, 3.63) is 17.0 Å². The summed E-state index contributed by atoms with van der Waals surface area (Å²) in [5.74, 6) is -0.361. The number of aromatic nitrogens is 2. The molecule has 0 saturated heterocycles. The van der Waals surface area contributed by atoms with Gasteiger partial charge in [-0.1, -0.05) is 0 Å². The lowest BCUT2D eigenvalue weighted by molar-refractivity contribution is -0.118. The van der Waals surface area contributed by atoms with Gasteiger partial charge < -0.3 is 5.73 Å². The van der Waals surface area contributed by atoms with Crippen LogP contribution in [0.1, 0.15) is 17.0 Å². The van der Waals surface area contributed by atoms with Crippen molar-refractivity contribution in [3.8, 4) is 0 Å². The fourth-order valence-corrected chi connectivity index (χ4v) is 1.09. The minimum absolute atomic E-state index is 0.167. The maximum Gasteiger partial charge on any atom is 0.239 e. The Morgan fingerprint density at radius 2 is 2.08 bits per heavy atom. The van der Waals surface area contributed by atoms with Crippen LogP contribution >= 0.6 is 0 Å². The molecule has 0 aromatic carbocycles. The summed E-state index contributed by atoms with van der Waals surface area (Å²) >= 11 is 0. The second-order valence-electron chi connectivity index (χ2n) is 2.92. The summed E-state index contributed by atoms with van der Waals surface area (Å²) in [6.07, 6.45) is 0. The highest BCUT2D eigenvalue weighted by atomic mass is 16.1. The second kappa shape index (κ2) is 2.97. The molecule has 0 saturated carbocycles. The van der Waals surface area contributed by atoms with Crippen LogP contribution in [0.25, 0.3) is 0 Å². The SMILES string of the molecule is Cc1nn(CC(N)=O)c(C)c1C.